The average Bonchev–Trinajstić information content (AvgIpc) is 2.51. The standard InChI is InChI=1S/C17H33N3O2/c1-14-5-6-15(2)20(13-14)17(21)18-16-7-10-19(11-8-16)9-4-12-22-3/h14-16H,4-13H2,1-3H3,(H,18,21). The Balaban J connectivity index is 1.70. The van der Waals surface area contributed by atoms with E-state index in [1.54, 1.807) is 7.11 Å². The number of likely N-dealkylation sites (tertiary alicyclic amines) is 2. The van der Waals surface area contributed by atoms with E-state index in [0.29, 0.717) is 18.0 Å². The molecule has 2 saturated heterocycles. The van der Waals surface area contributed by atoms with Crippen LogP contribution in [0.1, 0.15) is 46.0 Å². The van der Waals surface area contributed by atoms with E-state index in [1.165, 1.54) is 6.42 Å². The molecule has 1 N–H and O–H groups in total. The largest absolute Gasteiger partial charge is 0.385 e. The number of urea groups is 1. The molecule has 0 aromatic carbocycles. The van der Waals surface area contributed by atoms with Crippen molar-refractivity contribution in [2.75, 3.05) is 39.9 Å². The van der Waals surface area contributed by atoms with Crippen molar-refractivity contribution in [3.63, 3.8) is 0 Å². The first kappa shape index (κ1) is 17.5. The molecule has 0 aromatic rings. The monoisotopic (exact) mass is 311 g/mol. The number of ether oxygens (including phenoxy) is 1. The van der Waals surface area contributed by atoms with Crippen LogP contribution in [0.15, 0.2) is 0 Å². The second-order valence-corrected chi connectivity index (χ2v) is 7.10. The van der Waals surface area contributed by atoms with E-state index in [-0.39, 0.29) is 6.03 Å². The predicted molar refractivity (Wildman–Crippen MR) is 89.1 cm³/mol. The van der Waals surface area contributed by atoms with Gasteiger partial charge in [-0.05, 0) is 44.9 Å². The third-order valence-electron chi connectivity index (χ3n) is 5.12. The molecule has 0 radical (unpaired) electrons. The first-order valence-electron chi connectivity index (χ1n) is 8.88. The summed E-state index contributed by atoms with van der Waals surface area (Å²) in [7, 11) is 1.75. The van der Waals surface area contributed by atoms with Crippen LogP contribution >= 0.6 is 0 Å². The summed E-state index contributed by atoms with van der Waals surface area (Å²) >= 11 is 0. The molecule has 2 amide bonds. The van der Waals surface area contributed by atoms with Crippen molar-refractivity contribution in [1.29, 1.82) is 0 Å². The summed E-state index contributed by atoms with van der Waals surface area (Å²) in [5.74, 6) is 0.629. The molecule has 2 unspecified atom stereocenters. The minimum Gasteiger partial charge on any atom is -0.385 e. The van der Waals surface area contributed by atoms with Crippen molar-refractivity contribution in [3.05, 3.63) is 0 Å². The lowest BCUT2D eigenvalue weighted by Gasteiger charge is -2.39. The van der Waals surface area contributed by atoms with Crippen molar-refractivity contribution < 1.29 is 9.53 Å². The summed E-state index contributed by atoms with van der Waals surface area (Å²) in [6.07, 6.45) is 5.60. The van der Waals surface area contributed by atoms with Gasteiger partial charge >= 0.3 is 6.03 Å². The zero-order chi connectivity index (χ0) is 15.9. The van der Waals surface area contributed by atoms with Gasteiger partial charge in [-0.2, -0.15) is 0 Å². The fraction of sp³-hybridized carbons (Fsp3) is 0.941. The second kappa shape index (κ2) is 8.73. The van der Waals surface area contributed by atoms with Crippen LogP contribution in [-0.4, -0.2) is 67.8 Å². The molecule has 0 spiro atoms. The Bertz CT molecular complexity index is 343. The van der Waals surface area contributed by atoms with Crippen LogP contribution in [0.3, 0.4) is 0 Å². The number of hydrogen-bond donors (Lipinski definition) is 1. The molecular formula is C17H33N3O2. The lowest BCUT2D eigenvalue weighted by atomic mass is 9.95. The highest BCUT2D eigenvalue weighted by Crippen LogP contribution is 2.21. The number of nitrogens with zero attached hydrogens (tertiary/aromatic N) is 2. The minimum absolute atomic E-state index is 0.150. The predicted octanol–water partition coefficient (Wildman–Crippen LogP) is 2.32. The summed E-state index contributed by atoms with van der Waals surface area (Å²) in [5, 5.41) is 3.26. The van der Waals surface area contributed by atoms with Crippen molar-refractivity contribution in [2.45, 2.75) is 58.0 Å². The molecule has 2 fully saturated rings. The second-order valence-electron chi connectivity index (χ2n) is 7.10. The number of nitrogens with one attached hydrogen (secondary N) is 1. The molecule has 5 nitrogen and oxygen atoms in total. The van der Waals surface area contributed by atoms with Crippen LogP contribution in [0, 0.1) is 5.92 Å². The summed E-state index contributed by atoms with van der Waals surface area (Å²) in [6, 6.07) is 0.873. The molecule has 0 aromatic heterocycles. The third-order valence-corrected chi connectivity index (χ3v) is 5.12. The number of amides is 2. The van der Waals surface area contributed by atoms with Gasteiger partial charge in [-0.25, -0.2) is 4.79 Å². The van der Waals surface area contributed by atoms with Gasteiger partial charge in [-0.15, -0.1) is 0 Å². The van der Waals surface area contributed by atoms with Crippen LogP contribution in [0.5, 0.6) is 0 Å². The van der Waals surface area contributed by atoms with Gasteiger partial charge < -0.3 is 19.9 Å². The summed E-state index contributed by atoms with van der Waals surface area (Å²) in [6.45, 7) is 9.43. The minimum atomic E-state index is 0.150. The van der Waals surface area contributed by atoms with E-state index < -0.39 is 0 Å². The molecular weight excluding hydrogens is 278 g/mol. The number of carbonyl (C=O) groups excluding carboxylic acids is 1. The first-order valence-corrected chi connectivity index (χ1v) is 8.88. The van der Waals surface area contributed by atoms with Crippen LogP contribution in [-0.2, 0) is 4.74 Å². The van der Waals surface area contributed by atoms with Crippen LogP contribution < -0.4 is 5.32 Å². The number of carbonyl (C=O) groups is 1. The fourth-order valence-corrected chi connectivity index (χ4v) is 3.56. The van der Waals surface area contributed by atoms with E-state index in [0.717, 1.165) is 58.5 Å². The van der Waals surface area contributed by atoms with Gasteiger partial charge in [0.2, 0.25) is 0 Å². The molecule has 2 heterocycles. The van der Waals surface area contributed by atoms with Gasteiger partial charge in [0, 0.05) is 52.0 Å². The average molecular weight is 311 g/mol. The van der Waals surface area contributed by atoms with Gasteiger partial charge in [-0.1, -0.05) is 6.92 Å². The van der Waals surface area contributed by atoms with E-state index in [4.69, 9.17) is 4.74 Å². The van der Waals surface area contributed by atoms with E-state index in [2.05, 4.69) is 24.1 Å². The van der Waals surface area contributed by atoms with Crippen molar-refractivity contribution in [2.24, 2.45) is 5.92 Å². The molecule has 2 aliphatic heterocycles. The maximum Gasteiger partial charge on any atom is 0.317 e. The van der Waals surface area contributed by atoms with Crippen molar-refractivity contribution in [1.82, 2.24) is 15.1 Å². The zero-order valence-corrected chi connectivity index (χ0v) is 14.5. The maximum atomic E-state index is 12.5. The van der Waals surface area contributed by atoms with Crippen LogP contribution in [0.25, 0.3) is 0 Å². The lowest BCUT2D eigenvalue weighted by molar-refractivity contribution is 0.124. The number of piperidine rings is 2. The zero-order valence-electron chi connectivity index (χ0n) is 14.5. The molecule has 0 saturated carbocycles. The Morgan fingerprint density at radius 1 is 1.18 bits per heavy atom. The normalized spacial score (nSPS) is 27.9. The molecule has 22 heavy (non-hydrogen) atoms. The number of rotatable bonds is 5. The molecule has 2 rings (SSSR count). The molecule has 5 heteroatoms. The summed E-state index contributed by atoms with van der Waals surface area (Å²) in [4.78, 5) is 17.0. The molecule has 2 aliphatic rings. The van der Waals surface area contributed by atoms with Crippen molar-refractivity contribution in [3.8, 4) is 0 Å². The van der Waals surface area contributed by atoms with E-state index in [9.17, 15) is 4.79 Å². The summed E-state index contributed by atoms with van der Waals surface area (Å²) < 4.78 is 5.10. The third kappa shape index (κ3) is 5.13. The Morgan fingerprint density at radius 3 is 2.59 bits per heavy atom. The molecule has 2 atom stereocenters. The Kier molecular flexibility index (Phi) is 6.96. The topological polar surface area (TPSA) is 44.8 Å². The SMILES string of the molecule is COCCCN1CCC(NC(=O)N2CC(C)CCC2C)CC1. The van der Waals surface area contributed by atoms with Gasteiger partial charge in [0.1, 0.15) is 0 Å². The lowest BCUT2D eigenvalue weighted by Crippen LogP contribution is -2.53. The maximum absolute atomic E-state index is 12.5. The Morgan fingerprint density at radius 2 is 1.91 bits per heavy atom. The van der Waals surface area contributed by atoms with Gasteiger partial charge in [0.05, 0.1) is 0 Å². The number of methoxy groups -OCH3 is 1. The van der Waals surface area contributed by atoms with E-state index >= 15 is 0 Å². The first-order chi connectivity index (χ1) is 10.6. The van der Waals surface area contributed by atoms with Gasteiger partial charge in [0.15, 0.2) is 0 Å². The van der Waals surface area contributed by atoms with Crippen LogP contribution in [0.2, 0.25) is 0 Å². The highest BCUT2D eigenvalue weighted by molar-refractivity contribution is 5.75. The summed E-state index contributed by atoms with van der Waals surface area (Å²) in [5.41, 5.74) is 0. The Hall–Kier alpha value is -0.810. The van der Waals surface area contributed by atoms with Gasteiger partial charge in [-0.3, -0.25) is 0 Å². The van der Waals surface area contributed by atoms with E-state index in [1.807, 2.05) is 4.90 Å². The van der Waals surface area contributed by atoms with Crippen molar-refractivity contribution >= 4 is 6.03 Å². The smallest absolute Gasteiger partial charge is 0.317 e. The molecule has 0 aliphatic carbocycles. The molecule has 0 bridgehead atoms. The fourth-order valence-electron chi connectivity index (χ4n) is 3.56. The quantitative estimate of drug-likeness (QED) is 0.793. The molecule has 128 valence electrons. The highest BCUT2D eigenvalue weighted by Gasteiger charge is 2.29. The van der Waals surface area contributed by atoms with Gasteiger partial charge in [0.25, 0.3) is 0 Å². The Labute approximate surface area is 135 Å². The number of hydrogen-bond acceptors (Lipinski definition) is 3. The van der Waals surface area contributed by atoms with Crippen LogP contribution in [0.4, 0.5) is 4.79 Å². The highest BCUT2D eigenvalue weighted by atomic mass is 16.5.